The molecule has 1 N–H and O–H groups in total. The van der Waals surface area contributed by atoms with E-state index in [1.165, 1.54) is 16.7 Å². The molecule has 0 amide bonds. The van der Waals surface area contributed by atoms with E-state index in [9.17, 15) is 18.3 Å². The first-order chi connectivity index (χ1) is 17.8. The van der Waals surface area contributed by atoms with Crippen LogP contribution in [0.3, 0.4) is 0 Å². The molecule has 0 aliphatic heterocycles. The highest BCUT2D eigenvalue weighted by Gasteiger charge is 2.33. The third kappa shape index (κ3) is 4.57. The Kier molecular flexibility index (Phi) is 6.69. The van der Waals surface area contributed by atoms with Crippen molar-refractivity contribution in [2.24, 2.45) is 0 Å². The zero-order valence-electron chi connectivity index (χ0n) is 20.9. The Labute approximate surface area is 216 Å². The number of nitrogens with zero attached hydrogens (tertiary/aromatic N) is 3. The second-order valence-electron chi connectivity index (χ2n) is 9.43. The van der Waals surface area contributed by atoms with Gasteiger partial charge in [-0.3, -0.25) is 14.3 Å². The average Bonchev–Trinajstić information content (AvgIpc) is 3.31. The van der Waals surface area contributed by atoms with Gasteiger partial charge in [-0.05, 0) is 72.7 Å². The number of pyridine rings is 1. The molecule has 0 saturated heterocycles. The van der Waals surface area contributed by atoms with E-state index in [0.29, 0.717) is 18.7 Å². The van der Waals surface area contributed by atoms with Crippen molar-refractivity contribution in [1.29, 1.82) is 0 Å². The minimum Gasteiger partial charge on any atom is -0.492 e. The molecule has 0 unspecified atom stereocenters. The maximum Gasteiger partial charge on any atom is 0.277 e. The molecule has 2 aromatic heterocycles. The molecule has 0 bridgehead atoms. The average molecular weight is 516 g/mol. The first kappa shape index (κ1) is 24.9. The summed E-state index contributed by atoms with van der Waals surface area (Å²) in [6, 6.07) is 17.6. The number of aryl methyl sites for hydroxylation is 3. The van der Waals surface area contributed by atoms with E-state index in [2.05, 4.69) is 9.97 Å². The lowest BCUT2D eigenvalue weighted by atomic mass is 10.1. The van der Waals surface area contributed by atoms with Crippen molar-refractivity contribution in [3.05, 3.63) is 99.9 Å². The van der Waals surface area contributed by atoms with E-state index in [-0.39, 0.29) is 10.9 Å². The van der Waals surface area contributed by atoms with Gasteiger partial charge in [-0.2, -0.15) is 4.98 Å². The molecule has 0 spiro atoms. The topological polar surface area (TPSA) is 102 Å². The van der Waals surface area contributed by atoms with Crippen molar-refractivity contribution < 1.29 is 13.5 Å². The molecule has 0 radical (unpaired) electrons. The van der Waals surface area contributed by atoms with Gasteiger partial charge in [0.25, 0.3) is 5.56 Å². The summed E-state index contributed by atoms with van der Waals surface area (Å²) in [6.07, 6.45) is 5.27. The first-order valence-corrected chi connectivity index (χ1v) is 14.0. The minimum absolute atomic E-state index is 0.0732. The molecule has 4 aromatic rings. The fourth-order valence-corrected chi connectivity index (χ4v) is 6.43. The number of aromatic hydroxyl groups is 1. The summed E-state index contributed by atoms with van der Waals surface area (Å²) in [5, 5.41) is 10.8. The zero-order valence-corrected chi connectivity index (χ0v) is 21.7. The number of fused-ring (bicyclic) bond motifs is 1. The maximum atomic E-state index is 13.9. The van der Waals surface area contributed by atoms with Crippen LogP contribution in [0, 0.1) is 6.92 Å². The molecule has 1 aliphatic rings. The number of hydrogen-bond acceptors (Lipinski definition) is 6. The molecule has 2 aromatic carbocycles. The van der Waals surface area contributed by atoms with Crippen molar-refractivity contribution >= 4 is 9.84 Å². The van der Waals surface area contributed by atoms with Crippen molar-refractivity contribution in [2.45, 2.75) is 61.8 Å². The molecule has 1 atom stereocenters. The van der Waals surface area contributed by atoms with Gasteiger partial charge in [0.1, 0.15) is 5.82 Å². The normalized spacial score (nSPS) is 15.0. The molecular weight excluding hydrogens is 486 g/mol. The summed E-state index contributed by atoms with van der Waals surface area (Å²) in [7, 11) is -4.33. The lowest BCUT2D eigenvalue weighted by Gasteiger charge is -2.21. The molecule has 0 saturated carbocycles. The predicted molar refractivity (Wildman–Crippen MR) is 142 cm³/mol. The van der Waals surface area contributed by atoms with Crippen molar-refractivity contribution in [2.75, 3.05) is 0 Å². The van der Waals surface area contributed by atoms with Crippen LogP contribution in [-0.4, -0.2) is 28.1 Å². The van der Waals surface area contributed by atoms with Gasteiger partial charge >= 0.3 is 0 Å². The van der Waals surface area contributed by atoms with Crippen LogP contribution in [-0.2, 0) is 22.7 Å². The van der Waals surface area contributed by atoms with Gasteiger partial charge < -0.3 is 5.11 Å². The monoisotopic (exact) mass is 515 g/mol. The Morgan fingerprint density at radius 2 is 1.81 bits per heavy atom. The van der Waals surface area contributed by atoms with Crippen LogP contribution in [0.1, 0.15) is 54.9 Å². The van der Waals surface area contributed by atoms with Crippen molar-refractivity contribution in [3.8, 4) is 17.0 Å². The maximum absolute atomic E-state index is 13.9. The van der Waals surface area contributed by atoms with Gasteiger partial charge in [0.2, 0.25) is 15.7 Å². The van der Waals surface area contributed by atoms with Gasteiger partial charge in [-0.15, -0.1) is 0 Å². The minimum atomic E-state index is -4.33. The molecule has 37 heavy (non-hydrogen) atoms. The van der Waals surface area contributed by atoms with Crippen LogP contribution in [0.25, 0.3) is 11.1 Å². The molecule has 5 rings (SSSR count). The second kappa shape index (κ2) is 9.94. The number of sulfone groups is 1. The second-order valence-corrected chi connectivity index (χ2v) is 11.3. The Bertz CT molecular complexity index is 1630. The van der Waals surface area contributed by atoms with Gasteiger partial charge in [-0.1, -0.05) is 49.7 Å². The van der Waals surface area contributed by atoms with Gasteiger partial charge in [-0.25, -0.2) is 8.42 Å². The van der Waals surface area contributed by atoms with E-state index >= 15 is 0 Å². The number of aromatic nitrogens is 3. The van der Waals surface area contributed by atoms with Gasteiger partial charge in [0, 0.05) is 18.3 Å². The molecule has 0 fully saturated rings. The Hall–Kier alpha value is -3.78. The van der Waals surface area contributed by atoms with Gasteiger partial charge in [0.05, 0.1) is 10.9 Å². The summed E-state index contributed by atoms with van der Waals surface area (Å²) in [6.45, 7) is 3.92. The van der Waals surface area contributed by atoms with E-state index in [1.807, 2.05) is 50.2 Å². The van der Waals surface area contributed by atoms with Crippen LogP contribution < -0.4 is 5.56 Å². The predicted octanol–water partition coefficient (Wildman–Crippen LogP) is 5.03. The lowest BCUT2D eigenvalue weighted by Crippen LogP contribution is -2.33. The Morgan fingerprint density at radius 1 is 1.05 bits per heavy atom. The largest absolute Gasteiger partial charge is 0.492 e. The van der Waals surface area contributed by atoms with Crippen LogP contribution in [0.4, 0.5) is 0 Å². The standard InChI is InChI=1S/C29H29N3O4S/c1-3-4-9-26-31-28(33)27(29(34)32(26)25-15-12-21-7-5-6-8-24(21)25)37(35,36)23-13-10-20(11-14-23)22-16-17-30-19(2)18-22/h5-8,10-11,13-14,16-18,25,33H,3-4,9,12,15H2,1-2H3/t25-/m0/s1. The molecular formula is C29H29N3O4S. The Balaban J connectivity index is 1.62. The first-order valence-electron chi connectivity index (χ1n) is 12.5. The Morgan fingerprint density at radius 3 is 2.54 bits per heavy atom. The highest BCUT2D eigenvalue weighted by atomic mass is 32.2. The number of rotatable bonds is 7. The van der Waals surface area contributed by atoms with E-state index < -0.39 is 26.2 Å². The fourth-order valence-electron chi connectivity index (χ4n) is 5.09. The fraction of sp³-hybridized carbons (Fsp3) is 0.276. The summed E-state index contributed by atoms with van der Waals surface area (Å²) >= 11 is 0. The van der Waals surface area contributed by atoms with Crippen LogP contribution in [0.15, 0.2) is 81.4 Å². The van der Waals surface area contributed by atoms with E-state index in [4.69, 9.17) is 0 Å². The van der Waals surface area contributed by atoms with E-state index in [0.717, 1.165) is 47.2 Å². The molecule has 8 heteroatoms. The van der Waals surface area contributed by atoms with Gasteiger partial charge in [0.15, 0.2) is 4.90 Å². The smallest absolute Gasteiger partial charge is 0.277 e. The summed E-state index contributed by atoms with van der Waals surface area (Å²) in [5.41, 5.74) is 3.98. The van der Waals surface area contributed by atoms with Crippen LogP contribution in [0.5, 0.6) is 5.88 Å². The highest BCUT2D eigenvalue weighted by molar-refractivity contribution is 7.91. The lowest BCUT2D eigenvalue weighted by molar-refractivity contribution is 0.408. The third-order valence-electron chi connectivity index (χ3n) is 6.96. The quantitative estimate of drug-likeness (QED) is 0.370. The van der Waals surface area contributed by atoms with Crippen LogP contribution >= 0.6 is 0 Å². The van der Waals surface area contributed by atoms with Crippen molar-refractivity contribution in [3.63, 3.8) is 0 Å². The summed E-state index contributed by atoms with van der Waals surface area (Å²) in [5.74, 6) is -0.333. The third-order valence-corrected chi connectivity index (χ3v) is 8.75. The summed E-state index contributed by atoms with van der Waals surface area (Å²) < 4.78 is 28.9. The molecule has 2 heterocycles. The van der Waals surface area contributed by atoms with Crippen LogP contribution in [0.2, 0.25) is 0 Å². The summed E-state index contributed by atoms with van der Waals surface area (Å²) in [4.78, 5) is 21.6. The highest BCUT2D eigenvalue weighted by Crippen LogP contribution is 2.35. The number of hydrogen-bond donors (Lipinski definition) is 1. The molecule has 1 aliphatic carbocycles. The number of benzene rings is 2. The number of unbranched alkanes of at least 4 members (excludes halogenated alkanes) is 1. The molecule has 190 valence electrons. The van der Waals surface area contributed by atoms with E-state index in [1.54, 1.807) is 18.3 Å². The zero-order chi connectivity index (χ0) is 26.2. The SMILES string of the molecule is CCCCc1nc(O)c(S(=O)(=O)c2ccc(-c3ccnc(C)c3)cc2)c(=O)n1[C@H]1CCc2ccccc21. The molecule has 7 nitrogen and oxygen atoms in total. The van der Waals surface area contributed by atoms with Crippen molar-refractivity contribution in [1.82, 2.24) is 14.5 Å².